The number of hydrogen-bond donors (Lipinski definition) is 2. The Bertz CT molecular complexity index is 953. The largest absolute Gasteiger partial charge is 0.491 e. The minimum absolute atomic E-state index is 0.0551. The van der Waals surface area contributed by atoms with Crippen molar-refractivity contribution in [1.29, 1.82) is 0 Å². The average Bonchev–Trinajstić information content (AvgIpc) is 2.58. The van der Waals surface area contributed by atoms with Crippen molar-refractivity contribution in [3.63, 3.8) is 0 Å². The Kier molecular flexibility index (Phi) is 6.96. The normalized spacial score (nSPS) is 11.8. The van der Waals surface area contributed by atoms with E-state index in [0.717, 1.165) is 17.6 Å². The maximum absolute atomic E-state index is 12.4. The summed E-state index contributed by atoms with van der Waals surface area (Å²) in [6.45, 7) is 6.89. The predicted molar refractivity (Wildman–Crippen MR) is 113 cm³/mol. The zero-order valence-corrected chi connectivity index (χ0v) is 17.9. The van der Waals surface area contributed by atoms with Crippen LogP contribution in [-0.2, 0) is 15.4 Å². The molecule has 2 aromatic rings. The van der Waals surface area contributed by atoms with Gasteiger partial charge in [-0.25, -0.2) is 8.42 Å². The molecular formula is C20H25ClN2O4S. The third-order valence-electron chi connectivity index (χ3n) is 3.85. The van der Waals surface area contributed by atoms with Crippen LogP contribution in [0.2, 0.25) is 5.02 Å². The number of rotatable bonds is 7. The topological polar surface area (TPSA) is 84.5 Å². The summed E-state index contributed by atoms with van der Waals surface area (Å²) in [5, 5.41) is 2.96. The number of ether oxygens (including phenoxy) is 1. The number of anilines is 1. The first-order chi connectivity index (χ1) is 13.0. The van der Waals surface area contributed by atoms with Gasteiger partial charge < -0.3 is 10.1 Å². The van der Waals surface area contributed by atoms with Crippen LogP contribution in [0.5, 0.6) is 5.75 Å². The van der Waals surface area contributed by atoms with Crippen molar-refractivity contribution in [1.82, 2.24) is 5.32 Å². The van der Waals surface area contributed by atoms with Crippen molar-refractivity contribution >= 4 is 33.2 Å². The molecule has 8 heteroatoms. The van der Waals surface area contributed by atoms with Gasteiger partial charge in [0.05, 0.1) is 23.4 Å². The maximum atomic E-state index is 12.4. The summed E-state index contributed by atoms with van der Waals surface area (Å²) < 4.78 is 30.9. The number of sulfonamides is 1. The fraction of sp³-hybridized carbons (Fsp3) is 0.350. The molecule has 0 aliphatic rings. The molecule has 1 amide bonds. The molecule has 0 aliphatic carbocycles. The van der Waals surface area contributed by atoms with Crippen LogP contribution in [0.4, 0.5) is 5.69 Å². The molecule has 0 saturated heterocycles. The van der Waals surface area contributed by atoms with E-state index in [0.29, 0.717) is 0 Å². The van der Waals surface area contributed by atoms with E-state index in [9.17, 15) is 13.2 Å². The van der Waals surface area contributed by atoms with Gasteiger partial charge in [0.2, 0.25) is 10.0 Å². The van der Waals surface area contributed by atoms with Crippen molar-refractivity contribution in [3.8, 4) is 5.75 Å². The minimum Gasteiger partial charge on any atom is -0.491 e. The van der Waals surface area contributed by atoms with E-state index >= 15 is 0 Å². The first-order valence-electron chi connectivity index (χ1n) is 8.75. The summed E-state index contributed by atoms with van der Waals surface area (Å²) in [6.07, 6.45) is 1.04. The molecular weight excluding hydrogens is 400 g/mol. The molecule has 0 radical (unpaired) electrons. The SMILES string of the molecule is CC(C)(C)c1ccccc1OCCNC(=O)c1cc(NS(C)(=O)=O)ccc1Cl. The number of carbonyl (C=O) groups is 1. The Morgan fingerprint density at radius 3 is 2.46 bits per heavy atom. The van der Waals surface area contributed by atoms with Crippen molar-refractivity contribution in [2.24, 2.45) is 0 Å². The molecule has 28 heavy (non-hydrogen) atoms. The number of benzene rings is 2. The molecule has 152 valence electrons. The lowest BCUT2D eigenvalue weighted by atomic mass is 9.86. The van der Waals surface area contributed by atoms with E-state index in [1.165, 1.54) is 18.2 Å². The number of carbonyl (C=O) groups excluding carboxylic acids is 1. The van der Waals surface area contributed by atoms with Gasteiger partial charge in [-0.3, -0.25) is 9.52 Å². The van der Waals surface area contributed by atoms with Crippen molar-refractivity contribution in [2.45, 2.75) is 26.2 Å². The van der Waals surface area contributed by atoms with Gasteiger partial charge in [0.15, 0.2) is 0 Å². The smallest absolute Gasteiger partial charge is 0.252 e. The molecule has 0 spiro atoms. The van der Waals surface area contributed by atoms with E-state index in [4.69, 9.17) is 16.3 Å². The van der Waals surface area contributed by atoms with Gasteiger partial charge in [-0.05, 0) is 35.2 Å². The lowest BCUT2D eigenvalue weighted by Gasteiger charge is -2.22. The van der Waals surface area contributed by atoms with E-state index in [-0.39, 0.29) is 34.8 Å². The molecule has 0 unspecified atom stereocenters. The highest BCUT2D eigenvalue weighted by molar-refractivity contribution is 7.92. The summed E-state index contributed by atoms with van der Waals surface area (Å²) in [7, 11) is -3.45. The number of amides is 1. The van der Waals surface area contributed by atoms with Gasteiger partial charge in [-0.15, -0.1) is 0 Å². The van der Waals surface area contributed by atoms with Gasteiger partial charge in [0.25, 0.3) is 5.91 Å². The lowest BCUT2D eigenvalue weighted by molar-refractivity contribution is 0.0947. The second-order valence-corrected chi connectivity index (χ2v) is 9.58. The third kappa shape index (κ3) is 6.42. The fourth-order valence-corrected chi connectivity index (χ4v) is 3.37. The van der Waals surface area contributed by atoms with Gasteiger partial charge in [-0.2, -0.15) is 0 Å². The predicted octanol–water partition coefficient (Wildman–Crippen LogP) is 3.82. The van der Waals surface area contributed by atoms with Crippen LogP contribution in [0.1, 0.15) is 36.7 Å². The molecule has 0 fully saturated rings. The summed E-state index contributed by atoms with van der Waals surface area (Å²) in [5.74, 6) is 0.372. The first-order valence-corrected chi connectivity index (χ1v) is 11.0. The molecule has 2 N–H and O–H groups in total. The first kappa shape index (κ1) is 22.0. The molecule has 0 aromatic heterocycles. The zero-order chi connectivity index (χ0) is 20.9. The number of halogens is 1. The number of nitrogens with one attached hydrogen (secondary N) is 2. The summed E-state index contributed by atoms with van der Waals surface area (Å²) in [6, 6.07) is 12.2. The molecule has 2 rings (SSSR count). The van der Waals surface area contributed by atoms with Crippen LogP contribution < -0.4 is 14.8 Å². The van der Waals surface area contributed by atoms with Gasteiger partial charge in [0, 0.05) is 5.69 Å². The molecule has 0 heterocycles. The van der Waals surface area contributed by atoms with E-state index < -0.39 is 15.9 Å². The average molecular weight is 425 g/mol. The fourth-order valence-electron chi connectivity index (χ4n) is 2.61. The second kappa shape index (κ2) is 8.84. The van der Waals surface area contributed by atoms with Gasteiger partial charge in [0.1, 0.15) is 12.4 Å². The number of hydrogen-bond acceptors (Lipinski definition) is 4. The van der Waals surface area contributed by atoms with Crippen LogP contribution >= 0.6 is 11.6 Å². The highest BCUT2D eigenvalue weighted by Gasteiger charge is 2.18. The summed E-state index contributed by atoms with van der Waals surface area (Å²) in [5.41, 5.74) is 1.49. The summed E-state index contributed by atoms with van der Waals surface area (Å²) >= 11 is 6.07. The van der Waals surface area contributed by atoms with Crippen molar-refractivity contribution < 1.29 is 17.9 Å². The van der Waals surface area contributed by atoms with Crippen LogP contribution in [0, 0.1) is 0 Å². The Balaban J connectivity index is 1.98. The molecule has 0 aliphatic heterocycles. The van der Waals surface area contributed by atoms with E-state index in [1.54, 1.807) is 0 Å². The number of para-hydroxylation sites is 1. The van der Waals surface area contributed by atoms with Crippen LogP contribution in [0.25, 0.3) is 0 Å². The zero-order valence-electron chi connectivity index (χ0n) is 16.4. The van der Waals surface area contributed by atoms with Crippen molar-refractivity contribution in [2.75, 3.05) is 24.1 Å². The third-order valence-corrected chi connectivity index (χ3v) is 4.79. The Hall–Kier alpha value is -2.25. The highest BCUT2D eigenvalue weighted by Crippen LogP contribution is 2.30. The summed E-state index contributed by atoms with van der Waals surface area (Å²) in [4.78, 5) is 12.4. The monoisotopic (exact) mass is 424 g/mol. The standard InChI is InChI=1S/C20H25ClN2O4S/c1-20(2,3)16-7-5-6-8-18(16)27-12-11-22-19(24)15-13-14(9-10-17(15)21)23-28(4,25)26/h5-10,13,23H,11-12H2,1-4H3,(H,22,24). The van der Waals surface area contributed by atoms with Gasteiger partial charge >= 0.3 is 0 Å². The molecule has 2 aromatic carbocycles. The Labute approximate surface area is 171 Å². The molecule has 6 nitrogen and oxygen atoms in total. The Morgan fingerprint density at radius 2 is 1.82 bits per heavy atom. The second-order valence-electron chi connectivity index (χ2n) is 7.42. The molecule has 0 bridgehead atoms. The highest BCUT2D eigenvalue weighted by atomic mass is 35.5. The van der Waals surface area contributed by atoms with E-state index in [2.05, 4.69) is 30.8 Å². The maximum Gasteiger partial charge on any atom is 0.252 e. The molecule has 0 atom stereocenters. The van der Waals surface area contributed by atoms with E-state index in [1.807, 2.05) is 24.3 Å². The van der Waals surface area contributed by atoms with Gasteiger partial charge in [-0.1, -0.05) is 50.6 Å². The van der Waals surface area contributed by atoms with Crippen LogP contribution in [0.3, 0.4) is 0 Å². The quantitative estimate of drug-likeness (QED) is 0.662. The Morgan fingerprint density at radius 1 is 1.14 bits per heavy atom. The van der Waals surface area contributed by atoms with Crippen LogP contribution in [0.15, 0.2) is 42.5 Å². The van der Waals surface area contributed by atoms with Crippen LogP contribution in [-0.4, -0.2) is 33.7 Å². The van der Waals surface area contributed by atoms with Crippen molar-refractivity contribution in [3.05, 3.63) is 58.6 Å². The molecule has 0 saturated carbocycles. The minimum atomic E-state index is -3.45. The lowest BCUT2D eigenvalue weighted by Crippen LogP contribution is -2.28.